The zero-order valence-corrected chi connectivity index (χ0v) is 14.5. The van der Waals surface area contributed by atoms with Crippen LogP contribution in [0, 0.1) is 12.8 Å². The largest absolute Gasteiger partial charge is 0.371 e. The average molecular weight is 299 g/mol. The number of hydrogen-bond acceptors (Lipinski definition) is 2. The van der Waals surface area contributed by atoms with E-state index in [4.69, 9.17) is 17.3 Å². The minimum Gasteiger partial charge on any atom is -0.371 e. The molecule has 0 amide bonds. The lowest BCUT2D eigenvalue weighted by molar-refractivity contribution is 0.414. The average Bonchev–Trinajstić information content (AvgIpc) is 2.54. The highest BCUT2D eigenvalue weighted by Crippen LogP contribution is 2.26. The van der Waals surface area contributed by atoms with Crippen LogP contribution >= 0.6 is 11.6 Å². The van der Waals surface area contributed by atoms with Gasteiger partial charge in [0.15, 0.2) is 0 Å². The second-order valence-corrected chi connectivity index (χ2v) is 5.01. The van der Waals surface area contributed by atoms with Gasteiger partial charge in [-0.3, -0.25) is 0 Å². The molecule has 1 fully saturated rings. The molecule has 116 valence electrons. The van der Waals surface area contributed by atoms with E-state index in [1.807, 2.05) is 34.6 Å². The van der Waals surface area contributed by atoms with Crippen LogP contribution in [0.25, 0.3) is 0 Å². The summed E-state index contributed by atoms with van der Waals surface area (Å²) in [5.41, 5.74) is 8.07. The Kier molecular flexibility index (Phi) is 10.6. The van der Waals surface area contributed by atoms with Crippen LogP contribution in [0.4, 0.5) is 5.69 Å². The Labute approximate surface area is 130 Å². The van der Waals surface area contributed by atoms with Gasteiger partial charge >= 0.3 is 0 Å². The Morgan fingerprint density at radius 3 is 2.15 bits per heavy atom. The summed E-state index contributed by atoms with van der Waals surface area (Å²) in [6, 6.07) is 6.32. The van der Waals surface area contributed by atoms with Crippen molar-refractivity contribution in [1.82, 2.24) is 0 Å². The summed E-state index contributed by atoms with van der Waals surface area (Å²) in [5.74, 6) is 0.706. The fraction of sp³-hybridized carbons (Fsp3) is 0.647. The van der Waals surface area contributed by atoms with Crippen LogP contribution in [0.2, 0.25) is 5.02 Å². The molecule has 1 aromatic rings. The van der Waals surface area contributed by atoms with Gasteiger partial charge in [0, 0.05) is 23.8 Å². The lowest BCUT2D eigenvalue weighted by atomic mass is 9.97. The number of nitrogens with two attached hydrogens (primary N) is 1. The van der Waals surface area contributed by atoms with Gasteiger partial charge in [0.1, 0.15) is 0 Å². The van der Waals surface area contributed by atoms with Crippen LogP contribution in [0.1, 0.15) is 46.1 Å². The zero-order chi connectivity index (χ0) is 15.5. The van der Waals surface area contributed by atoms with E-state index in [1.54, 1.807) is 0 Å². The molecule has 2 rings (SSSR count). The van der Waals surface area contributed by atoms with Gasteiger partial charge in [0.05, 0.1) is 0 Å². The van der Waals surface area contributed by atoms with Gasteiger partial charge in [-0.25, -0.2) is 0 Å². The second kappa shape index (κ2) is 11.0. The van der Waals surface area contributed by atoms with Crippen LogP contribution < -0.4 is 10.6 Å². The summed E-state index contributed by atoms with van der Waals surface area (Å²) in [4.78, 5) is 2.40. The van der Waals surface area contributed by atoms with Crippen molar-refractivity contribution in [3.05, 3.63) is 28.8 Å². The predicted octanol–water partition coefficient (Wildman–Crippen LogP) is 4.88. The van der Waals surface area contributed by atoms with E-state index in [2.05, 4.69) is 23.1 Å². The van der Waals surface area contributed by atoms with Crippen molar-refractivity contribution < 1.29 is 0 Å². The van der Waals surface area contributed by atoms with Crippen LogP contribution in [-0.4, -0.2) is 19.6 Å². The highest BCUT2D eigenvalue weighted by atomic mass is 35.5. The minimum absolute atomic E-state index is 0.706. The summed E-state index contributed by atoms with van der Waals surface area (Å²) in [6.07, 6.45) is 2.39. The van der Waals surface area contributed by atoms with Gasteiger partial charge in [-0.15, -0.1) is 0 Å². The smallest absolute Gasteiger partial charge is 0.0455 e. The summed E-state index contributed by atoms with van der Waals surface area (Å²) in [7, 11) is 0. The molecule has 1 aliphatic heterocycles. The molecule has 20 heavy (non-hydrogen) atoms. The molecule has 0 saturated carbocycles. The maximum Gasteiger partial charge on any atom is 0.0455 e. The van der Waals surface area contributed by atoms with E-state index in [0.717, 1.165) is 30.2 Å². The maximum atomic E-state index is 6.14. The van der Waals surface area contributed by atoms with Crippen molar-refractivity contribution in [1.29, 1.82) is 0 Å². The van der Waals surface area contributed by atoms with E-state index in [9.17, 15) is 0 Å². The number of aryl methyl sites for hydroxylation is 1. The Bertz CT molecular complexity index is 358. The molecule has 0 radical (unpaired) electrons. The number of anilines is 1. The fourth-order valence-corrected chi connectivity index (χ4v) is 2.38. The van der Waals surface area contributed by atoms with Crippen LogP contribution in [-0.2, 0) is 0 Å². The third-order valence-electron chi connectivity index (χ3n) is 3.47. The standard InChI is InChI=1S/C13H19ClN2.2C2H6/c1-10-2-3-12(8-13(10)14)16-6-4-11(9-15)5-7-16;2*1-2/h2-3,8,11H,4-7,9,15H2,1H3;2*1-2H3. The maximum absolute atomic E-state index is 6.14. The Morgan fingerprint density at radius 1 is 1.15 bits per heavy atom. The van der Waals surface area contributed by atoms with Gasteiger partial charge in [0.25, 0.3) is 0 Å². The van der Waals surface area contributed by atoms with E-state index in [1.165, 1.54) is 18.5 Å². The molecule has 0 unspecified atom stereocenters. The molecule has 0 bridgehead atoms. The topological polar surface area (TPSA) is 29.3 Å². The summed E-state index contributed by atoms with van der Waals surface area (Å²) in [5, 5.41) is 0.860. The van der Waals surface area contributed by atoms with Crippen LogP contribution in [0.15, 0.2) is 18.2 Å². The molecule has 0 aromatic heterocycles. The quantitative estimate of drug-likeness (QED) is 0.843. The van der Waals surface area contributed by atoms with Gasteiger partial charge < -0.3 is 10.6 Å². The lowest BCUT2D eigenvalue weighted by Gasteiger charge is -2.33. The molecule has 1 saturated heterocycles. The molecule has 1 aromatic carbocycles. The molecule has 2 nitrogen and oxygen atoms in total. The van der Waals surface area contributed by atoms with Gasteiger partial charge in [-0.2, -0.15) is 0 Å². The number of nitrogens with zero attached hydrogens (tertiary/aromatic N) is 1. The van der Waals surface area contributed by atoms with Crippen LogP contribution in [0.5, 0.6) is 0 Å². The first kappa shape index (κ1) is 19.3. The van der Waals surface area contributed by atoms with Crippen molar-refractivity contribution in [2.45, 2.75) is 47.5 Å². The molecule has 3 heteroatoms. The van der Waals surface area contributed by atoms with Crippen molar-refractivity contribution >= 4 is 17.3 Å². The van der Waals surface area contributed by atoms with Gasteiger partial charge in [-0.05, 0) is 49.9 Å². The lowest BCUT2D eigenvalue weighted by Crippen LogP contribution is -2.36. The number of halogens is 1. The highest BCUT2D eigenvalue weighted by Gasteiger charge is 2.18. The van der Waals surface area contributed by atoms with Crippen molar-refractivity contribution in [3.63, 3.8) is 0 Å². The number of benzene rings is 1. The third-order valence-corrected chi connectivity index (χ3v) is 3.88. The molecule has 0 atom stereocenters. The van der Waals surface area contributed by atoms with Gasteiger partial charge in [0.2, 0.25) is 0 Å². The van der Waals surface area contributed by atoms with Gasteiger partial charge in [-0.1, -0.05) is 45.4 Å². The molecular formula is C17H31ClN2. The Hall–Kier alpha value is -0.730. The van der Waals surface area contributed by atoms with E-state index in [0.29, 0.717) is 5.92 Å². The monoisotopic (exact) mass is 298 g/mol. The van der Waals surface area contributed by atoms with E-state index >= 15 is 0 Å². The zero-order valence-electron chi connectivity index (χ0n) is 13.7. The summed E-state index contributed by atoms with van der Waals surface area (Å²) in [6.45, 7) is 13.1. The van der Waals surface area contributed by atoms with Crippen molar-refractivity contribution in [3.8, 4) is 0 Å². The molecular weight excluding hydrogens is 268 g/mol. The SMILES string of the molecule is CC.CC.Cc1ccc(N2CCC(CN)CC2)cc1Cl. The van der Waals surface area contributed by atoms with E-state index in [-0.39, 0.29) is 0 Å². The number of piperidine rings is 1. The van der Waals surface area contributed by atoms with Crippen molar-refractivity contribution in [2.24, 2.45) is 11.7 Å². The molecule has 1 aliphatic rings. The normalized spacial score (nSPS) is 14.8. The summed E-state index contributed by atoms with van der Waals surface area (Å²) >= 11 is 6.14. The first-order chi connectivity index (χ1) is 9.70. The molecule has 0 spiro atoms. The predicted molar refractivity (Wildman–Crippen MR) is 92.9 cm³/mol. The number of rotatable bonds is 2. The van der Waals surface area contributed by atoms with Crippen molar-refractivity contribution in [2.75, 3.05) is 24.5 Å². The van der Waals surface area contributed by atoms with Crippen LogP contribution in [0.3, 0.4) is 0 Å². The first-order valence-electron chi connectivity index (χ1n) is 7.92. The first-order valence-corrected chi connectivity index (χ1v) is 8.29. The molecule has 2 N–H and O–H groups in total. The fourth-order valence-electron chi connectivity index (χ4n) is 2.21. The Balaban J connectivity index is 0.000000829. The Morgan fingerprint density at radius 2 is 1.70 bits per heavy atom. The van der Waals surface area contributed by atoms with E-state index < -0.39 is 0 Å². The number of hydrogen-bond donors (Lipinski definition) is 1. The molecule has 0 aliphatic carbocycles. The second-order valence-electron chi connectivity index (χ2n) is 4.60. The third kappa shape index (κ3) is 5.72. The summed E-state index contributed by atoms with van der Waals surface area (Å²) < 4.78 is 0. The molecule has 1 heterocycles. The minimum atomic E-state index is 0.706. The highest BCUT2D eigenvalue weighted by molar-refractivity contribution is 6.31.